The Bertz CT molecular complexity index is 791. The molecule has 0 aliphatic carbocycles. The summed E-state index contributed by atoms with van der Waals surface area (Å²) in [5, 5.41) is 9.18. The lowest BCUT2D eigenvalue weighted by Gasteiger charge is -2.05. The molecule has 21 heavy (non-hydrogen) atoms. The first-order chi connectivity index (χ1) is 9.78. The lowest BCUT2D eigenvalue weighted by Crippen LogP contribution is -2.13. The molecule has 0 saturated carbocycles. The standard InChI is InChI=1S/C10H8F2N4O3S2/c1-5(17)13-9-14-15-10(20-9)21(18,19)16-6-2-3-7(11)8(12)4-6/h2-4,16H,1H3,(H,13,14,17). The second-order valence-corrected chi connectivity index (χ2v) is 6.62. The number of halogens is 2. The minimum absolute atomic E-state index is 0.00756. The van der Waals surface area contributed by atoms with Gasteiger partial charge in [0.25, 0.3) is 14.4 Å². The molecule has 0 saturated heterocycles. The van der Waals surface area contributed by atoms with E-state index in [0.29, 0.717) is 17.4 Å². The van der Waals surface area contributed by atoms with E-state index in [1.807, 2.05) is 4.72 Å². The van der Waals surface area contributed by atoms with Crippen LogP contribution in [0.25, 0.3) is 0 Å². The number of aromatic nitrogens is 2. The van der Waals surface area contributed by atoms with E-state index in [1.54, 1.807) is 0 Å². The smallest absolute Gasteiger partial charge is 0.291 e. The third-order valence-electron chi connectivity index (χ3n) is 2.09. The molecule has 1 heterocycles. The number of hydrogen-bond donors (Lipinski definition) is 2. The molecule has 1 amide bonds. The molecule has 0 atom stereocenters. The molecule has 0 spiro atoms. The SMILES string of the molecule is CC(=O)Nc1nnc(S(=O)(=O)Nc2ccc(F)c(F)c2)s1. The lowest BCUT2D eigenvalue weighted by atomic mass is 10.3. The minimum Gasteiger partial charge on any atom is -0.301 e. The molecule has 0 fully saturated rings. The van der Waals surface area contributed by atoms with E-state index in [0.717, 1.165) is 12.1 Å². The van der Waals surface area contributed by atoms with Crippen LogP contribution in [0.5, 0.6) is 0 Å². The van der Waals surface area contributed by atoms with Gasteiger partial charge in [-0.2, -0.15) is 8.42 Å². The number of amides is 1. The van der Waals surface area contributed by atoms with Crippen molar-refractivity contribution >= 4 is 38.1 Å². The van der Waals surface area contributed by atoms with Crippen molar-refractivity contribution in [2.45, 2.75) is 11.3 Å². The average Bonchev–Trinajstić information content (AvgIpc) is 2.82. The molecule has 0 unspecified atom stereocenters. The molecule has 2 aromatic rings. The highest BCUT2D eigenvalue weighted by Gasteiger charge is 2.21. The molecule has 11 heteroatoms. The topological polar surface area (TPSA) is 101 Å². The second kappa shape index (κ2) is 5.69. The van der Waals surface area contributed by atoms with Crippen LogP contribution in [0, 0.1) is 11.6 Å². The van der Waals surface area contributed by atoms with E-state index in [1.165, 1.54) is 6.92 Å². The van der Waals surface area contributed by atoms with Gasteiger partial charge < -0.3 is 5.32 Å². The van der Waals surface area contributed by atoms with E-state index < -0.39 is 31.9 Å². The number of rotatable bonds is 4. The first kappa shape index (κ1) is 15.3. The summed E-state index contributed by atoms with van der Waals surface area (Å²) in [7, 11) is -4.10. The lowest BCUT2D eigenvalue weighted by molar-refractivity contribution is -0.114. The summed E-state index contributed by atoms with van der Waals surface area (Å²) in [6.07, 6.45) is 0. The Morgan fingerprint density at radius 2 is 1.95 bits per heavy atom. The van der Waals surface area contributed by atoms with Gasteiger partial charge in [0.15, 0.2) is 11.6 Å². The van der Waals surface area contributed by atoms with Crippen LogP contribution < -0.4 is 10.0 Å². The van der Waals surface area contributed by atoms with E-state index in [4.69, 9.17) is 0 Å². The highest BCUT2D eigenvalue weighted by atomic mass is 32.2. The van der Waals surface area contributed by atoms with Gasteiger partial charge in [0.05, 0.1) is 5.69 Å². The van der Waals surface area contributed by atoms with E-state index in [2.05, 4.69) is 15.5 Å². The second-order valence-electron chi connectivity index (χ2n) is 3.79. The fourth-order valence-electron chi connectivity index (χ4n) is 1.28. The number of hydrogen-bond acceptors (Lipinski definition) is 6. The van der Waals surface area contributed by atoms with Crippen LogP contribution in [0.4, 0.5) is 19.6 Å². The highest BCUT2D eigenvalue weighted by molar-refractivity contribution is 7.94. The number of carbonyl (C=O) groups is 1. The van der Waals surface area contributed by atoms with Crippen LogP contribution in [-0.2, 0) is 14.8 Å². The quantitative estimate of drug-likeness (QED) is 0.827. The van der Waals surface area contributed by atoms with E-state index in [9.17, 15) is 22.0 Å². The molecule has 0 bridgehead atoms. The average molecular weight is 334 g/mol. The van der Waals surface area contributed by atoms with Gasteiger partial charge in [-0.25, -0.2) is 8.78 Å². The maximum absolute atomic E-state index is 13.0. The number of sulfonamides is 1. The Morgan fingerprint density at radius 3 is 2.57 bits per heavy atom. The third kappa shape index (κ3) is 3.70. The predicted molar refractivity (Wildman–Crippen MR) is 71.4 cm³/mol. The monoisotopic (exact) mass is 334 g/mol. The van der Waals surface area contributed by atoms with Gasteiger partial charge in [0.1, 0.15) is 0 Å². The van der Waals surface area contributed by atoms with Crippen LogP contribution in [0.1, 0.15) is 6.92 Å². The van der Waals surface area contributed by atoms with Gasteiger partial charge in [-0.3, -0.25) is 9.52 Å². The fraction of sp³-hybridized carbons (Fsp3) is 0.100. The van der Waals surface area contributed by atoms with E-state index >= 15 is 0 Å². The Balaban J connectivity index is 2.23. The minimum atomic E-state index is -4.10. The van der Waals surface area contributed by atoms with Crippen molar-refractivity contribution in [3.8, 4) is 0 Å². The van der Waals surface area contributed by atoms with Crippen molar-refractivity contribution < 1.29 is 22.0 Å². The zero-order valence-electron chi connectivity index (χ0n) is 10.4. The maximum atomic E-state index is 13.0. The fourth-order valence-corrected chi connectivity index (χ4v) is 3.27. The largest absolute Gasteiger partial charge is 0.301 e. The molecular formula is C10H8F2N4O3S2. The summed E-state index contributed by atoms with van der Waals surface area (Å²) in [5.74, 6) is -2.71. The number of nitrogens with zero attached hydrogens (tertiary/aromatic N) is 2. The molecule has 1 aromatic carbocycles. The Morgan fingerprint density at radius 1 is 1.24 bits per heavy atom. The van der Waals surface area contributed by atoms with Gasteiger partial charge in [0, 0.05) is 13.0 Å². The van der Waals surface area contributed by atoms with Gasteiger partial charge in [-0.1, -0.05) is 11.3 Å². The van der Waals surface area contributed by atoms with E-state index in [-0.39, 0.29) is 10.8 Å². The molecule has 7 nitrogen and oxygen atoms in total. The normalized spacial score (nSPS) is 11.2. The van der Waals surface area contributed by atoms with Gasteiger partial charge in [-0.15, -0.1) is 10.2 Å². The molecular weight excluding hydrogens is 326 g/mol. The number of carbonyl (C=O) groups excluding carboxylic acids is 1. The Kier molecular flexibility index (Phi) is 4.14. The van der Waals surface area contributed by atoms with Crippen LogP contribution in [0.2, 0.25) is 0 Å². The maximum Gasteiger partial charge on any atom is 0.291 e. The Labute approximate surface area is 122 Å². The highest BCUT2D eigenvalue weighted by Crippen LogP contribution is 2.23. The molecule has 0 radical (unpaired) electrons. The first-order valence-corrected chi connectivity index (χ1v) is 7.67. The summed E-state index contributed by atoms with van der Waals surface area (Å²) < 4.78 is 51.3. The zero-order valence-corrected chi connectivity index (χ0v) is 12.1. The van der Waals surface area contributed by atoms with Crippen LogP contribution in [0.15, 0.2) is 22.5 Å². The summed E-state index contributed by atoms with van der Waals surface area (Å²) >= 11 is 0.622. The molecule has 2 N–H and O–H groups in total. The van der Waals surface area contributed by atoms with Crippen LogP contribution >= 0.6 is 11.3 Å². The molecule has 2 rings (SSSR count). The number of nitrogens with one attached hydrogen (secondary N) is 2. The predicted octanol–water partition coefficient (Wildman–Crippen LogP) is 1.58. The zero-order chi connectivity index (χ0) is 15.6. The Hall–Kier alpha value is -2.14. The summed E-state index contributed by atoms with van der Waals surface area (Å²) in [6, 6.07) is 2.55. The van der Waals surface area contributed by atoms with Gasteiger partial charge in [0.2, 0.25) is 11.0 Å². The van der Waals surface area contributed by atoms with Crippen LogP contribution in [0.3, 0.4) is 0 Å². The summed E-state index contributed by atoms with van der Waals surface area (Å²) in [4.78, 5) is 10.8. The number of benzene rings is 1. The van der Waals surface area contributed by atoms with Crippen molar-refractivity contribution in [3.05, 3.63) is 29.8 Å². The molecule has 0 aliphatic rings. The van der Waals surface area contributed by atoms with Crippen molar-refractivity contribution in [2.24, 2.45) is 0 Å². The van der Waals surface area contributed by atoms with Crippen LogP contribution in [-0.4, -0.2) is 24.5 Å². The molecule has 112 valence electrons. The first-order valence-electron chi connectivity index (χ1n) is 5.37. The van der Waals surface area contributed by atoms with Crippen molar-refractivity contribution in [2.75, 3.05) is 10.0 Å². The molecule has 1 aromatic heterocycles. The summed E-state index contributed by atoms with van der Waals surface area (Å²) in [5.41, 5.74) is -0.162. The summed E-state index contributed by atoms with van der Waals surface area (Å²) in [6.45, 7) is 1.23. The van der Waals surface area contributed by atoms with Gasteiger partial charge >= 0.3 is 0 Å². The van der Waals surface area contributed by atoms with Crippen molar-refractivity contribution in [1.82, 2.24) is 10.2 Å². The van der Waals surface area contributed by atoms with Gasteiger partial charge in [-0.05, 0) is 12.1 Å². The van der Waals surface area contributed by atoms with Crippen molar-refractivity contribution in [1.29, 1.82) is 0 Å². The molecule has 0 aliphatic heterocycles. The number of anilines is 2. The third-order valence-corrected chi connectivity index (χ3v) is 4.68. The van der Waals surface area contributed by atoms with Crippen molar-refractivity contribution in [3.63, 3.8) is 0 Å².